The van der Waals surface area contributed by atoms with Gasteiger partial charge in [0.05, 0.1) is 30.1 Å². The van der Waals surface area contributed by atoms with Crippen molar-refractivity contribution in [1.82, 2.24) is 5.01 Å². The van der Waals surface area contributed by atoms with E-state index in [1.165, 1.54) is 4.90 Å². The molecule has 1 atom stereocenters. The number of carbonyl (C=O) groups excluding carboxylic acids is 2. The third-order valence-corrected chi connectivity index (χ3v) is 6.19. The Morgan fingerprint density at radius 1 is 1.00 bits per heavy atom. The van der Waals surface area contributed by atoms with Crippen LogP contribution in [0.2, 0.25) is 5.02 Å². The summed E-state index contributed by atoms with van der Waals surface area (Å²) >= 11 is 6.52. The first-order valence-electron chi connectivity index (χ1n) is 10.2. The molecule has 0 aliphatic carbocycles. The molecule has 0 radical (unpaired) electrons. The van der Waals surface area contributed by atoms with Crippen LogP contribution in [-0.2, 0) is 4.79 Å². The Hall–Kier alpha value is -3.64. The summed E-state index contributed by atoms with van der Waals surface area (Å²) in [5.74, 6) is -0.268. The largest absolute Gasteiger partial charge is 0.497 e. The first-order chi connectivity index (χ1) is 15.6. The fourth-order valence-electron chi connectivity index (χ4n) is 4.19. The lowest BCUT2D eigenvalue weighted by molar-refractivity contribution is -0.114. The number of para-hydroxylation sites is 1. The second kappa shape index (κ2) is 8.13. The van der Waals surface area contributed by atoms with E-state index in [4.69, 9.17) is 21.4 Å². The number of Topliss-reactive ketones (excluding diaryl/α,β-unsaturated/α-hetero) is 1. The minimum absolute atomic E-state index is 0.150. The van der Waals surface area contributed by atoms with Crippen molar-refractivity contribution < 1.29 is 14.3 Å². The number of hydrazone groups is 1. The van der Waals surface area contributed by atoms with Crippen molar-refractivity contribution in [3.63, 3.8) is 0 Å². The Kier molecular flexibility index (Phi) is 5.15. The fourth-order valence-corrected chi connectivity index (χ4v) is 4.45. The van der Waals surface area contributed by atoms with Gasteiger partial charge >= 0.3 is 5.91 Å². The topological polar surface area (TPSA) is 62.2 Å². The number of hydrogen-bond acceptors (Lipinski definition) is 5. The second-order valence-electron chi connectivity index (χ2n) is 7.68. The van der Waals surface area contributed by atoms with Gasteiger partial charge in [-0.2, -0.15) is 5.10 Å². The van der Waals surface area contributed by atoms with Crippen LogP contribution in [0.15, 0.2) is 77.9 Å². The maximum Gasteiger partial charge on any atom is 0.301 e. The average molecular weight is 446 g/mol. The number of benzene rings is 3. The van der Waals surface area contributed by atoms with Gasteiger partial charge in [-0.3, -0.25) is 19.5 Å². The molecule has 1 unspecified atom stereocenters. The van der Waals surface area contributed by atoms with Crippen molar-refractivity contribution in [2.75, 3.05) is 18.7 Å². The summed E-state index contributed by atoms with van der Waals surface area (Å²) in [4.78, 5) is 26.7. The van der Waals surface area contributed by atoms with Crippen molar-refractivity contribution in [2.24, 2.45) is 5.10 Å². The van der Waals surface area contributed by atoms with Gasteiger partial charge in [0.15, 0.2) is 0 Å². The number of amides is 1. The van der Waals surface area contributed by atoms with Gasteiger partial charge in [-0.25, -0.2) is 0 Å². The van der Waals surface area contributed by atoms with Crippen molar-refractivity contribution in [2.45, 2.75) is 12.5 Å². The molecular formula is C25H20ClN3O3. The molecule has 7 heteroatoms. The first kappa shape index (κ1) is 20.3. The minimum Gasteiger partial charge on any atom is -0.497 e. The lowest BCUT2D eigenvalue weighted by Crippen LogP contribution is -2.39. The normalized spacial score (nSPS) is 17.6. The Balaban J connectivity index is 1.52. The van der Waals surface area contributed by atoms with E-state index in [0.29, 0.717) is 22.7 Å². The summed E-state index contributed by atoms with van der Waals surface area (Å²) in [6, 6.07) is 22.2. The van der Waals surface area contributed by atoms with Crippen molar-refractivity contribution in [3.05, 3.63) is 94.5 Å². The van der Waals surface area contributed by atoms with Crippen LogP contribution in [0.4, 0.5) is 5.69 Å². The van der Waals surface area contributed by atoms with Crippen LogP contribution in [0.5, 0.6) is 5.75 Å². The molecule has 0 saturated heterocycles. The lowest BCUT2D eigenvalue weighted by Gasteiger charge is -2.29. The highest BCUT2D eigenvalue weighted by molar-refractivity contribution is 6.52. The van der Waals surface area contributed by atoms with E-state index in [9.17, 15) is 9.59 Å². The van der Waals surface area contributed by atoms with Gasteiger partial charge in [-0.1, -0.05) is 41.9 Å². The third-order valence-electron chi connectivity index (χ3n) is 5.85. The van der Waals surface area contributed by atoms with E-state index in [2.05, 4.69) is 0 Å². The van der Waals surface area contributed by atoms with E-state index in [-0.39, 0.29) is 12.7 Å². The first-order valence-corrected chi connectivity index (χ1v) is 10.6. The number of methoxy groups -OCH3 is 1. The molecule has 1 amide bonds. The van der Waals surface area contributed by atoms with Gasteiger partial charge in [-0.15, -0.1) is 0 Å². The number of ketones is 1. The van der Waals surface area contributed by atoms with Crippen LogP contribution in [0.3, 0.4) is 0 Å². The summed E-state index contributed by atoms with van der Waals surface area (Å²) in [5, 5.41) is 7.33. The minimum atomic E-state index is -0.544. The number of carbonyl (C=O) groups is 2. The van der Waals surface area contributed by atoms with E-state index in [1.807, 2.05) is 59.6 Å². The molecule has 0 spiro atoms. The zero-order valence-corrected chi connectivity index (χ0v) is 18.1. The summed E-state index contributed by atoms with van der Waals surface area (Å²) < 4.78 is 5.26. The van der Waals surface area contributed by atoms with Crippen molar-refractivity contribution in [1.29, 1.82) is 0 Å². The standard InChI is InChI=1S/C25H20ClN3O3/c1-32-17-12-10-16(11-13-17)21-14-23(18-6-2-4-8-20(18)26)29(27-21)15-28-22-9-5-3-7-19(22)24(30)25(28)31/h2-13,23H,14-15H2,1H3. The molecule has 0 saturated carbocycles. The van der Waals surface area contributed by atoms with Gasteiger partial charge in [-0.05, 0) is 53.6 Å². The highest BCUT2D eigenvalue weighted by atomic mass is 35.5. The lowest BCUT2D eigenvalue weighted by atomic mass is 9.98. The Labute approximate surface area is 190 Å². The predicted octanol–water partition coefficient (Wildman–Crippen LogP) is 4.69. The van der Waals surface area contributed by atoms with Crippen LogP contribution in [-0.4, -0.2) is 36.2 Å². The molecule has 32 heavy (non-hydrogen) atoms. The maximum atomic E-state index is 12.7. The smallest absolute Gasteiger partial charge is 0.301 e. The monoisotopic (exact) mass is 445 g/mol. The number of ether oxygens (including phenoxy) is 1. The molecule has 160 valence electrons. The number of anilines is 1. The van der Waals surface area contributed by atoms with Gasteiger partial charge in [0, 0.05) is 11.4 Å². The zero-order valence-electron chi connectivity index (χ0n) is 17.4. The zero-order chi connectivity index (χ0) is 22.2. The van der Waals surface area contributed by atoms with E-state index in [1.54, 1.807) is 25.3 Å². The molecule has 2 aliphatic heterocycles. The van der Waals surface area contributed by atoms with Gasteiger partial charge in [0.2, 0.25) is 0 Å². The number of nitrogens with zero attached hydrogens (tertiary/aromatic N) is 3. The molecule has 2 aliphatic rings. The summed E-state index contributed by atoms with van der Waals surface area (Å²) in [6.45, 7) is 0.150. The molecule has 6 nitrogen and oxygen atoms in total. The summed E-state index contributed by atoms with van der Waals surface area (Å²) in [5.41, 5.74) is 3.80. The van der Waals surface area contributed by atoms with Gasteiger partial charge < -0.3 is 4.74 Å². The number of halogens is 1. The molecular weight excluding hydrogens is 426 g/mol. The van der Waals surface area contributed by atoms with Crippen LogP contribution in [0.25, 0.3) is 0 Å². The van der Waals surface area contributed by atoms with E-state index < -0.39 is 11.7 Å². The third kappa shape index (κ3) is 3.42. The highest BCUT2D eigenvalue weighted by Crippen LogP contribution is 2.38. The molecule has 0 aromatic heterocycles. The molecule has 3 aromatic rings. The number of fused-ring (bicyclic) bond motifs is 1. The van der Waals surface area contributed by atoms with Crippen LogP contribution in [0, 0.1) is 0 Å². The second-order valence-corrected chi connectivity index (χ2v) is 8.08. The SMILES string of the molecule is COc1ccc(C2=NN(CN3C(=O)C(=O)c4ccccc43)C(c3ccccc3Cl)C2)cc1. The molecule has 0 N–H and O–H groups in total. The van der Waals surface area contributed by atoms with Crippen molar-refractivity contribution >= 4 is 34.7 Å². The van der Waals surface area contributed by atoms with Crippen LogP contribution in [0.1, 0.15) is 33.9 Å². The summed E-state index contributed by atoms with van der Waals surface area (Å²) in [6.07, 6.45) is 0.619. The molecule has 0 fully saturated rings. The molecule has 0 bridgehead atoms. The Morgan fingerprint density at radius 3 is 2.47 bits per heavy atom. The predicted molar refractivity (Wildman–Crippen MR) is 123 cm³/mol. The molecule has 5 rings (SSSR count). The van der Waals surface area contributed by atoms with Crippen LogP contribution < -0.4 is 9.64 Å². The van der Waals surface area contributed by atoms with E-state index in [0.717, 1.165) is 22.6 Å². The molecule has 3 aromatic carbocycles. The Morgan fingerprint density at radius 2 is 1.72 bits per heavy atom. The average Bonchev–Trinajstić information content (AvgIpc) is 3.35. The highest BCUT2D eigenvalue weighted by Gasteiger charge is 2.39. The van der Waals surface area contributed by atoms with E-state index >= 15 is 0 Å². The van der Waals surface area contributed by atoms with Gasteiger partial charge in [0.1, 0.15) is 12.4 Å². The Bertz CT molecular complexity index is 1240. The number of rotatable bonds is 5. The quantitative estimate of drug-likeness (QED) is 0.535. The maximum absolute atomic E-state index is 12.7. The number of hydrogen-bond donors (Lipinski definition) is 0. The van der Waals surface area contributed by atoms with Gasteiger partial charge in [0.25, 0.3) is 5.78 Å². The summed E-state index contributed by atoms with van der Waals surface area (Å²) in [7, 11) is 1.63. The van der Waals surface area contributed by atoms with Crippen LogP contribution >= 0.6 is 11.6 Å². The molecule has 2 heterocycles. The fraction of sp³-hybridized carbons (Fsp3) is 0.160. The van der Waals surface area contributed by atoms with Crippen molar-refractivity contribution in [3.8, 4) is 5.75 Å².